The number of hydrogen-bond donors (Lipinski definition) is 2. The quantitative estimate of drug-likeness (QED) is 0.274. The first-order chi connectivity index (χ1) is 17.0. The number of carboxylic acids is 1. The summed E-state index contributed by atoms with van der Waals surface area (Å²) in [6.45, 7) is 5.04. The molecule has 3 aromatic carbocycles. The molecule has 0 amide bonds. The van der Waals surface area contributed by atoms with Gasteiger partial charge in [-0.25, -0.2) is 9.78 Å². The third-order valence-corrected chi connectivity index (χ3v) is 6.23. The van der Waals surface area contributed by atoms with Crippen molar-refractivity contribution >= 4 is 28.5 Å². The number of nitrogens with zero attached hydrogens (tertiary/aromatic N) is 2. The van der Waals surface area contributed by atoms with E-state index in [1.54, 1.807) is 12.1 Å². The predicted octanol–water partition coefficient (Wildman–Crippen LogP) is 6.18. The minimum atomic E-state index is -0.928. The van der Waals surface area contributed by atoms with Crippen molar-refractivity contribution in [3.63, 3.8) is 0 Å². The summed E-state index contributed by atoms with van der Waals surface area (Å²) in [5.74, 6) is 0.292. The molecule has 0 unspecified atom stereocenters. The fourth-order valence-corrected chi connectivity index (χ4v) is 4.21. The summed E-state index contributed by atoms with van der Waals surface area (Å²) in [4.78, 5) is 28.2. The van der Waals surface area contributed by atoms with Crippen LogP contribution in [0.5, 0.6) is 0 Å². The molecule has 0 spiro atoms. The van der Waals surface area contributed by atoms with Crippen molar-refractivity contribution in [3.05, 3.63) is 83.7 Å². The lowest BCUT2D eigenvalue weighted by atomic mass is 9.99. The number of aryl methyl sites for hydroxylation is 1. The van der Waals surface area contributed by atoms with E-state index in [-0.39, 0.29) is 5.78 Å². The lowest BCUT2D eigenvalue weighted by Gasteiger charge is -2.11. The number of ketones is 1. The van der Waals surface area contributed by atoms with E-state index in [0.717, 1.165) is 52.9 Å². The monoisotopic (exact) mass is 469 g/mol. The standard InChI is InChI=1S/C29H31N3O3/c1-3-5-10-28-31-26-17-22(30-18-23(33)4-2)15-16-27(26)32(28)19-20-11-13-21(14-12-20)24-8-6-7-9-25(24)29(34)35/h6-9,11-17,30H,3-5,10,18-19H2,1-2H3,(H,34,35). The number of anilines is 1. The van der Waals surface area contributed by atoms with Gasteiger partial charge in [0.1, 0.15) is 5.82 Å². The van der Waals surface area contributed by atoms with E-state index in [4.69, 9.17) is 4.98 Å². The molecule has 6 heteroatoms. The maximum atomic E-state index is 11.7. The molecule has 0 bridgehead atoms. The molecule has 1 heterocycles. The van der Waals surface area contributed by atoms with Crippen LogP contribution in [-0.2, 0) is 17.8 Å². The van der Waals surface area contributed by atoms with Crippen LogP contribution < -0.4 is 5.32 Å². The molecule has 2 N–H and O–H groups in total. The Balaban J connectivity index is 1.62. The highest BCUT2D eigenvalue weighted by molar-refractivity contribution is 5.96. The highest BCUT2D eigenvalue weighted by Crippen LogP contribution is 2.26. The molecule has 0 aliphatic carbocycles. The van der Waals surface area contributed by atoms with Crippen LogP contribution in [-0.4, -0.2) is 33.0 Å². The number of carbonyl (C=O) groups excluding carboxylic acids is 1. The average molecular weight is 470 g/mol. The second kappa shape index (κ2) is 11.0. The molecule has 180 valence electrons. The van der Waals surface area contributed by atoms with Gasteiger partial charge in [-0.2, -0.15) is 0 Å². The summed E-state index contributed by atoms with van der Waals surface area (Å²) in [7, 11) is 0. The number of benzene rings is 3. The molecule has 0 atom stereocenters. The number of Topliss-reactive ketones (excluding diaryl/α,β-unsaturated/α-hetero) is 1. The second-order valence-corrected chi connectivity index (χ2v) is 8.71. The van der Waals surface area contributed by atoms with Crippen molar-refractivity contribution in [2.75, 3.05) is 11.9 Å². The van der Waals surface area contributed by atoms with Crippen molar-refractivity contribution < 1.29 is 14.7 Å². The van der Waals surface area contributed by atoms with Gasteiger partial charge in [0.25, 0.3) is 0 Å². The van der Waals surface area contributed by atoms with Crippen molar-refractivity contribution in [2.24, 2.45) is 0 Å². The largest absolute Gasteiger partial charge is 0.478 e. The Labute approximate surface area is 205 Å². The molecule has 0 aliphatic rings. The number of unbranched alkanes of at least 4 members (excludes halogenated alkanes) is 1. The number of fused-ring (bicyclic) bond motifs is 1. The van der Waals surface area contributed by atoms with Crippen LogP contribution in [0.3, 0.4) is 0 Å². The summed E-state index contributed by atoms with van der Waals surface area (Å²) < 4.78 is 2.26. The number of aromatic carboxylic acids is 1. The third-order valence-electron chi connectivity index (χ3n) is 6.23. The van der Waals surface area contributed by atoms with Crippen molar-refractivity contribution in [1.29, 1.82) is 0 Å². The SMILES string of the molecule is CCCCc1nc2cc(NCC(=O)CC)ccc2n1Cc1ccc(-c2ccccc2C(=O)O)cc1. The highest BCUT2D eigenvalue weighted by Gasteiger charge is 2.14. The Morgan fingerprint density at radius 3 is 2.49 bits per heavy atom. The van der Waals surface area contributed by atoms with E-state index < -0.39 is 5.97 Å². The molecule has 0 radical (unpaired) electrons. The van der Waals surface area contributed by atoms with Gasteiger partial charge in [0, 0.05) is 25.1 Å². The van der Waals surface area contributed by atoms with Crippen LogP contribution in [0.15, 0.2) is 66.7 Å². The molecular formula is C29H31N3O3. The lowest BCUT2D eigenvalue weighted by Crippen LogP contribution is -2.12. The Bertz CT molecular complexity index is 1340. The molecule has 0 saturated heterocycles. The minimum absolute atomic E-state index is 0.175. The van der Waals surface area contributed by atoms with E-state index in [0.29, 0.717) is 30.6 Å². The van der Waals surface area contributed by atoms with E-state index in [1.807, 2.05) is 43.3 Å². The third kappa shape index (κ3) is 5.60. The molecule has 1 aromatic heterocycles. The molecule has 4 rings (SSSR count). The van der Waals surface area contributed by atoms with Gasteiger partial charge in [0.05, 0.1) is 23.1 Å². The maximum Gasteiger partial charge on any atom is 0.336 e. The van der Waals surface area contributed by atoms with Crippen LogP contribution >= 0.6 is 0 Å². The molecule has 35 heavy (non-hydrogen) atoms. The van der Waals surface area contributed by atoms with E-state index in [2.05, 4.69) is 35.0 Å². The fraction of sp³-hybridized carbons (Fsp3) is 0.276. The van der Waals surface area contributed by atoms with Gasteiger partial charge < -0.3 is 15.0 Å². The average Bonchev–Trinajstić information content (AvgIpc) is 3.22. The predicted molar refractivity (Wildman–Crippen MR) is 140 cm³/mol. The zero-order chi connectivity index (χ0) is 24.8. The number of imidazole rings is 1. The van der Waals surface area contributed by atoms with Gasteiger partial charge in [-0.15, -0.1) is 0 Å². The minimum Gasteiger partial charge on any atom is -0.478 e. The lowest BCUT2D eigenvalue weighted by molar-refractivity contribution is -0.117. The van der Waals surface area contributed by atoms with Crippen LogP contribution in [0.1, 0.15) is 54.9 Å². The first kappa shape index (κ1) is 24.2. The summed E-state index contributed by atoms with van der Waals surface area (Å²) in [6, 6.07) is 21.2. The van der Waals surface area contributed by atoms with Gasteiger partial charge in [-0.3, -0.25) is 4.79 Å². The molecule has 6 nitrogen and oxygen atoms in total. The number of nitrogens with one attached hydrogen (secondary N) is 1. The number of rotatable bonds is 11. The number of hydrogen-bond acceptors (Lipinski definition) is 4. The van der Waals surface area contributed by atoms with E-state index in [1.165, 1.54) is 0 Å². The van der Waals surface area contributed by atoms with E-state index in [9.17, 15) is 14.7 Å². The van der Waals surface area contributed by atoms with Gasteiger partial charge in [-0.05, 0) is 47.4 Å². The Kier molecular flexibility index (Phi) is 7.60. The summed E-state index contributed by atoms with van der Waals surface area (Å²) in [5.41, 5.74) is 5.88. The van der Waals surface area contributed by atoms with Gasteiger partial charge in [-0.1, -0.05) is 62.7 Å². The van der Waals surface area contributed by atoms with Gasteiger partial charge >= 0.3 is 5.97 Å². The second-order valence-electron chi connectivity index (χ2n) is 8.71. The van der Waals surface area contributed by atoms with Crippen LogP contribution in [0.2, 0.25) is 0 Å². The Morgan fingerprint density at radius 1 is 1.00 bits per heavy atom. The molecule has 4 aromatic rings. The number of carbonyl (C=O) groups is 2. The topological polar surface area (TPSA) is 84.2 Å². The van der Waals surface area contributed by atoms with Crippen LogP contribution in [0.4, 0.5) is 5.69 Å². The highest BCUT2D eigenvalue weighted by atomic mass is 16.4. The zero-order valence-corrected chi connectivity index (χ0v) is 20.3. The van der Waals surface area contributed by atoms with Crippen molar-refractivity contribution in [3.8, 4) is 11.1 Å². The molecule has 0 aliphatic heterocycles. The van der Waals surface area contributed by atoms with Crippen molar-refractivity contribution in [1.82, 2.24) is 9.55 Å². The fourth-order valence-electron chi connectivity index (χ4n) is 4.21. The summed E-state index contributed by atoms with van der Waals surface area (Å²) in [5, 5.41) is 12.7. The number of aromatic nitrogens is 2. The first-order valence-corrected chi connectivity index (χ1v) is 12.2. The summed E-state index contributed by atoms with van der Waals surface area (Å²) >= 11 is 0. The zero-order valence-electron chi connectivity index (χ0n) is 20.3. The normalized spacial score (nSPS) is 11.0. The summed E-state index contributed by atoms with van der Waals surface area (Å²) in [6.07, 6.45) is 3.56. The molecule has 0 saturated carbocycles. The number of carboxylic acid groups (broad SMARTS) is 1. The van der Waals surface area contributed by atoms with E-state index >= 15 is 0 Å². The molecule has 0 fully saturated rings. The Morgan fingerprint density at radius 2 is 1.77 bits per heavy atom. The van der Waals surface area contributed by atoms with Crippen LogP contribution in [0, 0.1) is 0 Å². The molecular weight excluding hydrogens is 438 g/mol. The maximum absolute atomic E-state index is 11.7. The van der Waals surface area contributed by atoms with Crippen molar-refractivity contribution in [2.45, 2.75) is 46.1 Å². The smallest absolute Gasteiger partial charge is 0.336 e. The van der Waals surface area contributed by atoms with Gasteiger partial charge in [0.15, 0.2) is 5.78 Å². The van der Waals surface area contributed by atoms with Crippen LogP contribution in [0.25, 0.3) is 22.2 Å². The van der Waals surface area contributed by atoms with Gasteiger partial charge in [0.2, 0.25) is 0 Å². The first-order valence-electron chi connectivity index (χ1n) is 12.2. The Hall–Kier alpha value is -3.93.